The van der Waals surface area contributed by atoms with Crippen LogP contribution in [0.3, 0.4) is 0 Å². The van der Waals surface area contributed by atoms with Crippen LogP contribution in [0.2, 0.25) is 0 Å². The van der Waals surface area contributed by atoms with Crippen molar-refractivity contribution in [2.24, 2.45) is 5.73 Å². The fourth-order valence-electron chi connectivity index (χ4n) is 1.64. The molecule has 0 aliphatic rings. The Morgan fingerprint density at radius 3 is 2.83 bits per heavy atom. The van der Waals surface area contributed by atoms with E-state index in [0.717, 1.165) is 6.42 Å². The van der Waals surface area contributed by atoms with Gasteiger partial charge >= 0.3 is 0 Å². The lowest BCUT2D eigenvalue weighted by Crippen LogP contribution is -2.32. The Balaban J connectivity index is 2.71. The zero-order valence-electron chi connectivity index (χ0n) is 10.7. The molecule has 0 aromatic heterocycles. The summed E-state index contributed by atoms with van der Waals surface area (Å²) in [6.07, 6.45) is 0.880. The summed E-state index contributed by atoms with van der Waals surface area (Å²) in [5.41, 5.74) is 5.91. The first-order valence-corrected chi connectivity index (χ1v) is 5.89. The Bertz CT molecular complexity index is 410. The quantitative estimate of drug-likeness (QED) is 0.774. The highest BCUT2D eigenvalue weighted by atomic mass is 19.1. The molecule has 0 heterocycles. The predicted molar refractivity (Wildman–Crippen MR) is 67.7 cm³/mol. The first-order chi connectivity index (χ1) is 8.58. The maximum Gasteiger partial charge on any atom is 0.248 e. The molecule has 1 atom stereocenters. The Morgan fingerprint density at radius 2 is 2.28 bits per heavy atom. The Kier molecular flexibility index (Phi) is 5.74. The molecule has 0 aliphatic heterocycles. The van der Waals surface area contributed by atoms with Gasteiger partial charge in [0.2, 0.25) is 5.91 Å². The van der Waals surface area contributed by atoms with E-state index in [2.05, 4.69) is 5.32 Å². The molecule has 1 unspecified atom stereocenters. The summed E-state index contributed by atoms with van der Waals surface area (Å²) < 4.78 is 18.6. The highest BCUT2D eigenvalue weighted by molar-refractivity contribution is 5.92. The first-order valence-electron chi connectivity index (χ1n) is 5.89. The van der Waals surface area contributed by atoms with Crippen molar-refractivity contribution in [1.82, 2.24) is 5.32 Å². The molecule has 5 heteroatoms. The topological polar surface area (TPSA) is 64.3 Å². The van der Waals surface area contributed by atoms with Gasteiger partial charge in [0.15, 0.2) is 0 Å². The molecular weight excluding hydrogens is 235 g/mol. The number of methoxy groups -OCH3 is 1. The van der Waals surface area contributed by atoms with Crippen molar-refractivity contribution in [3.8, 4) is 0 Å². The standard InChI is InChI=1S/C13H19FN2O2/c1-3-11(8-18-2)16-7-10-6-9(13(15)17)4-5-12(10)14/h4-6,11,16H,3,7-8H2,1-2H3,(H2,15,17). The number of hydrogen-bond acceptors (Lipinski definition) is 3. The van der Waals surface area contributed by atoms with Crippen LogP contribution in [0.4, 0.5) is 4.39 Å². The average Bonchev–Trinajstić information content (AvgIpc) is 2.35. The van der Waals surface area contributed by atoms with Crippen LogP contribution in [0.1, 0.15) is 29.3 Å². The minimum absolute atomic E-state index is 0.159. The van der Waals surface area contributed by atoms with Gasteiger partial charge in [-0.2, -0.15) is 0 Å². The monoisotopic (exact) mass is 254 g/mol. The molecule has 0 saturated heterocycles. The molecule has 0 fully saturated rings. The van der Waals surface area contributed by atoms with Crippen molar-refractivity contribution >= 4 is 5.91 Å². The second-order valence-corrected chi connectivity index (χ2v) is 4.11. The number of benzene rings is 1. The van der Waals surface area contributed by atoms with E-state index in [4.69, 9.17) is 10.5 Å². The van der Waals surface area contributed by atoms with Crippen LogP contribution in [-0.4, -0.2) is 25.7 Å². The number of primary amides is 1. The number of amides is 1. The molecule has 100 valence electrons. The number of carbonyl (C=O) groups excluding carboxylic acids is 1. The molecular formula is C13H19FN2O2. The van der Waals surface area contributed by atoms with Crippen LogP contribution >= 0.6 is 0 Å². The van der Waals surface area contributed by atoms with Crippen molar-refractivity contribution in [3.05, 3.63) is 35.1 Å². The Hall–Kier alpha value is -1.46. The van der Waals surface area contributed by atoms with Crippen molar-refractivity contribution in [1.29, 1.82) is 0 Å². The highest BCUT2D eigenvalue weighted by Gasteiger charge is 2.09. The van der Waals surface area contributed by atoms with Gasteiger partial charge < -0.3 is 15.8 Å². The number of carbonyl (C=O) groups is 1. The highest BCUT2D eigenvalue weighted by Crippen LogP contribution is 2.10. The number of nitrogens with one attached hydrogen (secondary N) is 1. The molecule has 4 nitrogen and oxygen atoms in total. The van der Waals surface area contributed by atoms with Crippen molar-refractivity contribution < 1.29 is 13.9 Å². The lowest BCUT2D eigenvalue weighted by molar-refractivity contribution is 0.1000. The molecule has 1 aromatic rings. The van der Waals surface area contributed by atoms with E-state index in [9.17, 15) is 9.18 Å². The molecule has 1 rings (SSSR count). The summed E-state index contributed by atoms with van der Waals surface area (Å²) in [5.74, 6) is -0.903. The van der Waals surface area contributed by atoms with Crippen LogP contribution < -0.4 is 11.1 Å². The summed E-state index contributed by atoms with van der Waals surface area (Å²) in [4.78, 5) is 11.0. The van der Waals surface area contributed by atoms with Gasteiger partial charge in [0, 0.05) is 30.8 Å². The summed E-state index contributed by atoms with van der Waals surface area (Å²) in [5, 5.41) is 3.18. The van der Waals surface area contributed by atoms with Crippen LogP contribution in [-0.2, 0) is 11.3 Å². The molecule has 0 bridgehead atoms. The van der Waals surface area contributed by atoms with Crippen molar-refractivity contribution in [2.45, 2.75) is 25.9 Å². The number of hydrogen-bond donors (Lipinski definition) is 2. The minimum Gasteiger partial charge on any atom is -0.383 e. The van der Waals surface area contributed by atoms with Gasteiger partial charge in [-0.3, -0.25) is 4.79 Å². The van der Waals surface area contributed by atoms with Gasteiger partial charge in [-0.1, -0.05) is 6.92 Å². The van der Waals surface area contributed by atoms with E-state index in [1.807, 2.05) is 6.92 Å². The SMILES string of the molecule is CCC(COC)NCc1cc(C(N)=O)ccc1F. The van der Waals surface area contributed by atoms with Gasteiger partial charge in [0.25, 0.3) is 0 Å². The fourth-order valence-corrected chi connectivity index (χ4v) is 1.64. The minimum atomic E-state index is -0.555. The second-order valence-electron chi connectivity index (χ2n) is 4.11. The molecule has 0 spiro atoms. The van der Waals surface area contributed by atoms with E-state index in [1.165, 1.54) is 18.2 Å². The number of rotatable bonds is 7. The van der Waals surface area contributed by atoms with Crippen molar-refractivity contribution in [2.75, 3.05) is 13.7 Å². The van der Waals surface area contributed by atoms with Crippen LogP contribution in [0, 0.1) is 5.82 Å². The largest absolute Gasteiger partial charge is 0.383 e. The lowest BCUT2D eigenvalue weighted by Gasteiger charge is -2.16. The fraction of sp³-hybridized carbons (Fsp3) is 0.462. The van der Waals surface area contributed by atoms with Crippen LogP contribution in [0.25, 0.3) is 0 Å². The number of nitrogens with two attached hydrogens (primary N) is 1. The summed E-state index contributed by atoms with van der Waals surface area (Å²) in [6, 6.07) is 4.28. The predicted octanol–water partition coefficient (Wildman–Crippen LogP) is 1.44. The average molecular weight is 254 g/mol. The maximum absolute atomic E-state index is 13.5. The lowest BCUT2D eigenvalue weighted by atomic mass is 10.1. The first kappa shape index (κ1) is 14.6. The molecule has 3 N–H and O–H groups in total. The van der Waals surface area contributed by atoms with Gasteiger partial charge in [0.1, 0.15) is 5.82 Å². The third-order valence-electron chi connectivity index (χ3n) is 2.77. The molecule has 0 aliphatic carbocycles. The third-order valence-corrected chi connectivity index (χ3v) is 2.77. The summed E-state index contributed by atoms with van der Waals surface area (Å²) in [7, 11) is 1.62. The molecule has 1 amide bonds. The zero-order chi connectivity index (χ0) is 13.5. The number of halogens is 1. The van der Waals surface area contributed by atoms with Crippen molar-refractivity contribution in [3.63, 3.8) is 0 Å². The summed E-state index contributed by atoms with van der Waals surface area (Å²) >= 11 is 0. The van der Waals surface area contributed by atoms with Gasteiger partial charge in [-0.15, -0.1) is 0 Å². The van der Waals surface area contributed by atoms with Gasteiger partial charge in [0.05, 0.1) is 6.61 Å². The van der Waals surface area contributed by atoms with E-state index < -0.39 is 5.91 Å². The molecule has 1 aromatic carbocycles. The second kappa shape index (κ2) is 7.08. The Morgan fingerprint density at radius 1 is 1.56 bits per heavy atom. The number of ether oxygens (including phenoxy) is 1. The normalized spacial score (nSPS) is 12.4. The van der Waals surface area contributed by atoms with E-state index in [1.54, 1.807) is 7.11 Å². The Labute approximate surface area is 106 Å². The molecule has 0 saturated carbocycles. The molecule has 18 heavy (non-hydrogen) atoms. The molecule has 0 radical (unpaired) electrons. The van der Waals surface area contributed by atoms with E-state index >= 15 is 0 Å². The summed E-state index contributed by atoms with van der Waals surface area (Å²) in [6.45, 7) is 2.93. The van der Waals surface area contributed by atoms with Crippen LogP contribution in [0.5, 0.6) is 0 Å². The maximum atomic E-state index is 13.5. The van der Waals surface area contributed by atoms with E-state index in [-0.39, 0.29) is 11.9 Å². The smallest absolute Gasteiger partial charge is 0.248 e. The third kappa shape index (κ3) is 4.09. The van der Waals surface area contributed by atoms with Gasteiger partial charge in [-0.25, -0.2) is 4.39 Å². The van der Waals surface area contributed by atoms with Crippen LogP contribution in [0.15, 0.2) is 18.2 Å². The van der Waals surface area contributed by atoms with E-state index in [0.29, 0.717) is 24.3 Å². The zero-order valence-corrected chi connectivity index (χ0v) is 10.7. The van der Waals surface area contributed by atoms with Gasteiger partial charge in [-0.05, 0) is 24.6 Å².